The number of ether oxygens (including phenoxy) is 1. The van der Waals surface area contributed by atoms with Crippen LogP contribution in [-0.2, 0) is 11.3 Å². The third-order valence-electron chi connectivity index (χ3n) is 5.05. The van der Waals surface area contributed by atoms with Crippen molar-refractivity contribution in [2.45, 2.75) is 32.4 Å². The molecular weight excluding hydrogens is 524 g/mol. The number of aliphatic imine (C=N–C) groups is 1. The molecule has 1 amide bonds. The maximum absolute atomic E-state index is 13.5. The largest absolute Gasteiger partial charge is 0.484 e. The first-order valence-corrected chi connectivity index (χ1v) is 10.6. The van der Waals surface area contributed by atoms with Gasteiger partial charge < -0.3 is 26.0 Å². The predicted octanol–water partition coefficient (Wildman–Crippen LogP) is 3.03. The van der Waals surface area contributed by atoms with Crippen molar-refractivity contribution in [3.05, 3.63) is 59.9 Å². The third-order valence-corrected chi connectivity index (χ3v) is 5.05. The molecule has 174 valence electrons. The molecule has 1 heterocycles. The van der Waals surface area contributed by atoms with Crippen molar-refractivity contribution in [1.82, 2.24) is 10.6 Å². The average Bonchev–Trinajstić information content (AvgIpc) is 2.77. The van der Waals surface area contributed by atoms with Crippen molar-refractivity contribution in [1.29, 1.82) is 0 Å². The minimum Gasteiger partial charge on any atom is -0.484 e. The number of nitrogens with one attached hydrogen (secondary N) is 2. The molecule has 1 aliphatic heterocycles. The van der Waals surface area contributed by atoms with Crippen molar-refractivity contribution in [3.8, 4) is 5.75 Å². The average molecular weight is 555 g/mol. The third kappa shape index (κ3) is 8.18. The van der Waals surface area contributed by atoms with Gasteiger partial charge in [-0.2, -0.15) is 0 Å². The fourth-order valence-corrected chi connectivity index (χ4v) is 3.53. The van der Waals surface area contributed by atoms with Gasteiger partial charge in [0.2, 0.25) is 0 Å². The molecule has 0 unspecified atom stereocenters. The first-order valence-electron chi connectivity index (χ1n) is 10.6. The Balaban J connectivity index is 0.00000363. The van der Waals surface area contributed by atoms with Gasteiger partial charge in [0.1, 0.15) is 11.6 Å². The van der Waals surface area contributed by atoms with Crippen molar-refractivity contribution in [2.24, 2.45) is 10.7 Å². The quantitative estimate of drug-likeness (QED) is 0.265. The molecule has 0 radical (unpaired) electrons. The van der Waals surface area contributed by atoms with Crippen LogP contribution in [0.25, 0.3) is 0 Å². The summed E-state index contributed by atoms with van der Waals surface area (Å²) in [5.41, 5.74) is 7.03. The standard InChI is InChI=1S/C23H30FN5O2.HI/c1-2-26-23(27-15-17-5-3-8-21(13-17)31-16-22(25)30)28-19-9-11-29(12-10-19)20-7-4-6-18(24)14-20;/h3-8,13-14,19H,2,9-12,15-16H2,1H3,(H2,25,30)(H2,26,27,28);1H. The summed E-state index contributed by atoms with van der Waals surface area (Å²) in [6.45, 7) is 4.84. The molecule has 32 heavy (non-hydrogen) atoms. The van der Waals surface area contributed by atoms with E-state index in [1.165, 1.54) is 6.07 Å². The minimum atomic E-state index is -0.509. The second-order valence-corrected chi connectivity index (χ2v) is 7.48. The number of benzene rings is 2. The first kappa shape index (κ1) is 25.7. The van der Waals surface area contributed by atoms with Crippen LogP contribution in [0.2, 0.25) is 0 Å². The molecule has 0 spiro atoms. The molecule has 2 aromatic rings. The summed E-state index contributed by atoms with van der Waals surface area (Å²) in [4.78, 5) is 17.8. The zero-order valence-electron chi connectivity index (χ0n) is 18.2. The SMILES string of the molecule is CCNC(=NCc1cccc(OCC(N)=O)c1)NC1CCN(c2cccc(F)c2)CC1.I. The molecule has 1 saturated heterocycles. The molecule has 1 aliphatic rings. The number of carbonyl (C=O) groups excluding carboxylic acids is 1. The highest BCUT2D eigenvalue weighted by molar-refractivity contribution is 14.0. The summed E-state index contributed by atoms with van der Waals surface area (Å²) >= 11 is 0. The Bertz CT molecular complexity index is 903. The number of hydrogen-bond donors (Lipinski definition) is 3. The maximum Gasteiger partial charge on any atom is 0.255 e. The van der Waals surface area contributed by atoms with Crippen molar-refractivity contribution < 1.29 is 13.9 Å². The highest BCUT2D eigenvalue weighted by atomic mass is 127. The fraction of sp³-hybridized carbons (Fsp3) is 0.391. The molecule has 0 atom stereocenters. The Kier molecular flexibility index (Phi) is 10.5. The number of primary amides is 1. The van der Waals surface area contributed by atoms with E-state index in [-0.39, 0.29) is 36.4 Å². The second-order valence-electron chi connectivity index (χ2n) is 7.48. The van der Waals surface area contributed by atoms with Crippen molar-refractivity contribution in [3.63, 3.8) is 0 Å². The Hall–Kier alpha value is -2.56. The van der Waals surface area contributed by atoms with Crippen LogP contribution < -0.4 is 26.0 Å². The number of nitrogens with zero attached hydrogens (tertiary/aromatic N) is 2. The lowest BCUT2D eigenvalue weighted by Gasteiger charge is -2.34. The van der Waals surface area contributed by atoms with Gasteiger partial charge in [0.25, 0.3) is 5.91 Å². The zero-order valence-corrected chi connectivity index (χ0v) is 20.6. The van der Waals surface area contributed by atoms with Crippen LogP contribution in [0.3, 0.4) is 0 Å². The fourth-order valence-electron chi connectivity index (χ4n) is 3.53. The number of hydrogen-bond acceptors (Lipinski definition) is 4. The number of carbonyl (C=O) groups is 1. The van der Waals surface area contributed by atoms with E-state index in [1.54, 1.807) is 18.2 Å². The Morgan fingerprint density at radius 2 is 1.97 bits per heavy atom. The molecule has 9 heteroatoms. The summed E-state index contributed by atoms with van der Waals surface area (Å²) in [5.74, 6) is 0.637. The van der Waals surface area contributed by atoms with Gasteiger partial charge in [-0.15, -0.1) is 24.0 Å². The van der Waals surface area contributed by atoms with Crippen LogP contribution >= 0.6 is 24.0 Å². The number of nitrogens with two attached hydrogens (primary N) is 1. The van der Waals surface area contributed by atoms with Gasteiger partial charge in [0, 0.05) is 31.4 Å². The van der Waals surface area contributed by atoms with E-state index in [4.69, 9.17) is 10.5 Å². The van der Waals surface area contributed by atoms with E-state index in [9.17, 15) is 9.18 Å². The summed E-state index contributed by atoms with van der Waals surface area (Å²) in [5, 5.41) is 6.80. The molecule has 0 bridgehead atoms. The van der Waals surface area contributed by atoms with Crippen LogP contribution in [0.15, 0.2) is 53.5 Å². The topological polar surface area (TPSA) is 92.0 Å². The number of halogens is 2. The lowest BCUT2D eigenvalue weighted by atomic mass is 10.0. The maximum atomic E-state index is 13.5. The van der Waals surface area contributed by atoms with Crippen LogP contribution in [0.1, 0.15) is 25.3 Å². The molecule has 4 N–H and O–H groups in total. The summed E-state index contributed by atoms with van der Waals surface area (Å²) < 4.78 is 18.8. The summed E-state index contributed by atoms with van der Waals surface area (Å²) in [6.07, 6.45) is 1.88. The highest BCUT2D eigenvalue weighted by Crippen LogP contribution is 2.21. The number of rotatable bonds is 8. The molecular formula is C23H31FIN5O2. The Morgan fingerprint density at radius 1 is 1.22 bits per heavy atom. The minimum absolute atomic E-state index is 0. The van der Waals surface area contributed by atoms with Gasteiger partial charge in [-0.25, -0.2) is 9.38 Å². The second kappa shape index (κ2) is 13.1. The predicted molar refractivity (Wildman–Crippen MR) is 136 cm³/mol. The number of anilines is 1. The van der Waals surface area contributed by atoms with Gasteiger partial charge >= 0.3 is 0 Å². The highest BCUT2D eigenvalue weighted by Gasteiger charge is 2.20. The molecule has 0 aliphatic carbocycles. The van der Waals surface area contributed by atoms with Crippen molar-refractivity contribution >= 4 is 41.5 Å². The summed E-state index contributed by atoms with van der Waals surface area (Å²) in [6, 6.07) is 14.5. The Labute approximate surface area is 205 Å². The van der Waals surface area contributed by atoms with E-state index in [1.807, 2.05) is 31.2 Å². The van der Waals surface area contributed by atoms with Gasteiger partial charge in [-0.3, -0.25) is 4.79 Å². The number of amides is 1. The summed E-state index contributed by atoms with van der Waals surface area (Å²) in [7, 11) is 0. The van der Waals surface area contributed by atoms with Crippen molar-refractivity contribution in [2.75, 3.05) is 31.1 Å². The lowest BCUT2D eigenvalue weighted by Crippen LogP contribution is -2.48. The monoisotopic (exact) mass is 555 g/mol. The lowest BCUT2D eigenvalue weighted by molar-refractivity contribution is -0.119. The molecule has 0 aromatic heterocycles. The molecule has 7 nitrogen and oxygen atoms in total. The Morgan fingerprint density at radius 3 is 2.66 bits per heavy atom. The van der Waals surface area contributed by atoms with Crippen LogP contribution in [-0.4, -0.2) is 44.1 Å². The normalized spacial score (nSPS) is 14.4. The smallest absolute Gasteiger partial charge is 0.255 e. The molecule has 2 aromatic carbocycles. The first-order chi connectivity index (χ1) is 15.0. The van der Waals surface area contributed by atoms with E-state index in [2.05, 4.69) is 20.5 Å². The van der Waals surface area contributed by atoms with Gasteiger partial charge in [-0.1, -0.05) is 18.2 Å². The van der Waals surface area contributed by atoms with Gasteiger partial charge in [-0.05, 0) is 55.7 Å². The number of piperidine rings is 1. The van der Waals surface area contributed by atoms with E-state index >= 15 is 0 Å². The van der Waals surface area contributed by atoms with Gasteiger partial charge in [0.15, 0.2) is 12.6 Å². The van der Waals surface area contributed by atoms with Crippen LogP contribution in [0.4, 0.5) is 10.1 Å². The van der Waals surface area contributed by atoms with Gasteiger partial charge in [0.05, 0.1) is 6.54 Å². The van der Waals surface area contributed by atoms with E-state index < -0.39 is 5.91 Å². The molecule has 1 fully saturated rings. The van der Waals surface area contributed by atoms with E-state index in [0.717, 1.165) is 49.7 Å². The van der Waals surface area contributed by atoms with Crippen LogP contribution in [0, 0.1) is 5.82 Å². The number of guanidine groups is 1. The molecule has 0 saturated carbocycles. The van der Waals surface area contributed by atoms with E-state index in [0.29, 0.717) is 18.3 Å². The van der Waals surface area contributed by atoms with Crippen LogP contribution in [0.5, 0.6) is 5.75 Å². The zero-order chi connectivity index (χ0) is 22.1. The molecule has 3 rings (SSSR count).